The summed E-state index contributed by atoms with van der Waals surface area (Å²) in [4.78, 5) is 25.4. The van der Waals surface area contributed by atoms with Crippen LogP contribution in [0, 0.1) is 0 Å². The Kier molecular flexibility index (Phi) is 8.09. The summed E-state index contributed by atoms with van der Waals surface area (Å²) in [7, 11) is 1.55. The summed E-state index contributed by atoms with van der Waals surface area (Å²) in [5, 5.41) is 0. The normalized spacial score (nSPS) is 10.6. The van der Waals surface area contributed by atoms with Gasteiger partial charge in [0.1, 0.15) is 0 Å². The smallest absolute Gasteiger partial charge is 0.260 e. The number of rotatable bonds is 10. The number of amides is 2. The van der Waals surface area contributed by atoms with E-state index in [2.05, 4.69) is 0 Å². The van der Waals surface area contributed by atoms with E-state index < -0.39 is 5.91 Å². The number of methoxy groups -OCH3 is 1. The molecule has 6 heteroatoms. The van der Waals surface area contributed by atoms with E-state index in [-0.39, 0.29) is 25.5 Å². The molecule has 2 N–H and O–H groups in total. The molecule has 0 aromatic heterocycles. The Morgan fingerprint density at radius 1 is 1.11 bits per heavy atom. The summed E-state index contributed by atoms with van der Waals surface area (Å²) in [6, 6.07) is 15.1. The predicted molar refractivity (Wildman–Crippen MR) is 109 cm³/mol. The zero-order valence-electron chi connectivity index (χ0n) is 16.3. The number of nitrogens with zero attached hydrogens (tertiary/aromatic N) is 1. The van der Waals surface area contributed by atoms with Gasteiger partial charge in [-0.25, -0.2) is 0 Å². The summed E-state index contributed by atoms with van der Waals surface area (Å²) in [5.74, 6) is 0.353. The molecule has 2 amide bonds. The molecule has 2 aromatic rings. The largest absolute Gasteiger partial charge is 0.493 e. The van der Waals surface area contributed by atoms with Crippen molar-refractivity contribution in [2.24, 2.45) is 5.73 Å². The van der Waals surface area contributed by atoms with Gasteiger partial charge in [0.25, 0.3) is 5.91 Å². The fourth-order valence-electron chi connectivity index (χ4n) is 2.67. The molecule has 2 aromatic carbocycles. The molecule has 0 aliphatic rings. The van der Waals surface area contributed by atoms with Crippen LogP contribution in [0.3, 0.4) is 0 Å². The van der Waals surface area contributed by atoms with Gasteiger partial charge in [0.05, 0.1) is 7.11 Å². The van der Waals surface area contributed by atoms with Crippen LogP contribution in [0.15, 0.2) is 54.6 Å². The molecule has 28 heavy (non-hydrogen) atoms. The number of carbonyl (C=O) groups excluding carboxylic acids is 2. The van der Waals surface area contributed by atoms with Gasteiger partial charge < -0.3 is 20.1 Å². The van der Waals surface area contributed by atoms with Crippen molar-refractivity contribution in [3.63, 3.8) is 0 Å². The summed E-state index contributed by atoms with van der Waals surface area (Å²) in [5.41, 5.74) is 7.19. The first-order chi connectivity index (χ1) is 13.5. The Balaban J connectivity index is 2.06. The van der Waals surface area contributed by atoms with Crippen molar-refractivity contribution in [1.29, 1.82) is 0 Å². The molecule has 6 nitrogen and oxygen atoms in total. The summed E-state index contributed by atoms with van der Waals surface area (Å²) in [6.45, 7) is 2.39. The van der Waals surface area contributed by atoms with Gasteiger partial charge in [-0.15, -0.1) is 0 Å². The van der Waals surface area contributed by atoms with E-state index in [9.17, 15) is 9.59 Å². The predicted octanol–water partition coefficient (Wildman–Crippen LogP) is 3.01. The molecular weight excluding hydrogens is 356 g/mol. The van der Waals surface area contributed by atoms with Crippen molar-refractivity contribution in [1.82, 2.24) is 4.90 Å². The fraction of sp³-hybridized carbons (Fsp3) is 0.273. The van der Waals surface area contributed by atoms with Crippen LogP contribution >= 0.6 is 0 Å². The Morgan fingerprint density at radius 2 is 1.86 bits per heavy atom. The van der Waals surface area contributed by atoms with Gasteiger partial charge in [0, 0.05) is 19.5 Å². The van der Waals surface area contributed by atoms with Gasteiger partial charge in [-0.05, 0) is 30.2 Å². The average Bonchev–Trinajstić information content (AvgIpc) is 2.70. The molecule has 0 spiro atoms. The molecule has 0 heterocycles. The van der Waals surface area contributed by atoms with Gasteiger partial charge >= 0.3 is 0 Å². The maximum Gasteiger partial charge on any atom is 0.260 e. The van der Waals surface area contributed by atoms with E-state index in [0.29, 0.717) is 18.0 Å². The molecule has 0 saturated carbocycles. The number of primary amides is 1. The quantitative estimate of drug-likeness (QED) is 0.685. The molecule has 2 rings (SSSR count). The topological polar surface area (TPSA) is 81.9 Å². The minimum atomic E-state index is -0.451. The molecule has 0 aliphatic carbocycles. The van der Waals surface area contributed by atoms with Crippen molar-refractivity contribution < 1.29 is 19.1 Å². The van der Waals surface area contributed by atoms with Crippen LogP contribution in [-0.4, -0.2) is 37.0 Å². The summed E-state index contributed by atoms with van der Waals surface area (Å²) >= 11 is 0. The van der Waals surface area contributed by atoms with Gasteiger partial charge in [-0.2, -0.15) is 0 Å². The molecule has 0 radical (unpaired) electrons. The van der Waals surface area contributed by atoms with Crippen molar-refractivity contribution >= 4 is 17.9 Å². The van der Waals surface area contributed by atoms with Crippen molar-refractivity contribution in [2.45, 2.75) is 19.9 Å². The van der Waals surface area contributed by atoms with E-state index in [1.807, 2.05) is 61.5 Å². The minimum Gasteiger partial charge on any atom is -0.493 e. The highest BCUT2D eigenvalue weighted by Gasteiger charge is 2.17. The Morgan fingerprint density at radius 3 is 2.50 bits per heavy atom. The highest BCUT2D eigenvalue weighted by molar-refractivity contribution is 5.79. The van der Waals surface area contributed by atoms with E-state index in [4.69, 9.17) is 15.2 Å². The second-order valence-corrected chi connectivity index (χ2v) is 6.22. The van der Waals surface area contributed by atoms with Gasteiger partial charge in [-0.3, -0.25) is 9.59 Å². The Bertz CT molecular complexity index is 819. The number of allylic oxidation sites excluding steroid dienone is 1. The summed E-state index contributed by atoms with van der Waals surface area (Å²) in [6.07, 6.45) is 3.97. The second-order valence-electron chi connectivity index (χ2n) is 6.22. The lowest BCUT2D eigenvalue weighted by atomic mass is 10.2. The molecule has 0 fully saturated rings. The average molecular weight is 382 g/mol. The highest BCUT2D eigenvalue weighted by atomic mass is 16.5. The Hall–Kier alpha value is -3.28. The number of nitrogens with two attached hydrogens (primary N) is 1. The molecule has 0 bridgehead atoms. The summed E-state index contributed by atoms with van der Waals surface area (Å²) < 4.78 is 11.0. The first-order valence-corrected chi connectivity index (χ1v) is 9.07. The lowest BCUT2D eigenvalue weighted by molar-refractivity contribution is -0.134. The molecule has 0 aliphatic heterocycles. The van der Waals surface area contributed by atoms with E-state index >= 15 is 0 Å². The Labute approximate surface area is 165 Å². The van der Waals surface area contributed by atoms with E-state index in [1.165, 1.54) is 0 Å². The number of hydrogen-bond acceptors (Lipinski definition) is 4. The van der Waals surface area contributed by atoms with E-state index in [1.54, 1.807) is 18.1 Å². The number of ether oxygens (including phenoxy) is 2. The third kappa shape index (κ3) is 6.46. The van der Waals surface area contributed by atoms with Crippen LogP contribution in [-0.2, 0) is 16.1 Å². The van der Waals surface area contributed by atoms with Crippen molar-refractivity contribution in [2.75, 3.05) is 20.3 Å². The second kappa shape index (κ2) is 10.8. The van der Waals surface area contributed by atoms with Gasteiger partial charge in [0.15, 0.2) is 18.1 Å². The van der Waals surface area contributed by atoms with E-state index in [0.717, 1.165) is 11.1 Å². The van der Waals surface area contributed by atoms with Crippen LogP contribution in [0.4, 0.5) is 0 Å². The first kappa shape index (κ1) is 21.0. The lowest BCUT2D eigenvalue weighted by Gasteiger charge is -2.23. The molecule has 148 valence electrons. The van der Waals surface area contributed by atoms with Crippen LogP contribution in [0.25, 0.3) is 6.08 Å². The lowest BCUT2D eigenvalue weighted by Crippen LogP contribution is -2.36. The van der Waals surface area contributed by atoms with Gasteiger partial charge in [0.2, 0.25) is 5.91 Å². The van der Waals surface area contributed by atoms with Crippen molar-refractivity contribution in [3.05, 3.63) is 65.7 Å². The molecular formula is C22H26N2O4. The third-order valence-electron chi connectivity index (χ3n) is 4.10. The zero-order valence-corrected chi connectivity index (χ0v) is 16.3. The maximum absolute atomic E-state index is 12.7. The maximum atomic E-state index is 12.7. The third-order valence-corrected chi connectivity index (χ3v) is 4.10. The van der Waals surface area contributed by atoms with Gasteiger partial charge in [-0.1, -0.05) is 48.6 Å². The standard InChI is InChI=1S/C22H26N2O4/c1-3-7-17-10-11-19(20(14-17)27-2)28-16-22(26)24(13-12-21(23)25)15-18-8-5-4-6-9-18/h3-11,14H,12-13,15-16H2,1-2H3,(H2,23,25). The van der Waals surface area contributed by atoms with Crippen LogP contribution in [0.5, 0.6) is 11.5 Å². The monoisotopic (exact) mass is 382 g/mol. The fourth-order valence-corrected chi connectivity index (χ4v) is 2.67. The molecule has 0 unspecified atom stereocenters. The number of benzene rings is 2. The molecule has 0 atom stereocenters. The zero-order chi connectivity index (χ0) is 20.4. The number of hydrogen-bond donors (Lipinski definition) is 1. The highest BCUT2D eigenvalue weighted by Crippen LogP contribution is 2.28. The minimum absolute atomic E-state index is 0.0972. The van der Waals surface area contributed by atoms with Crippen LogP contribution in [0.2, 0.25) is 0 Å². The van der Waals surface area contributed by atoms with Crippen LogP contribution < -0.4 is 15.2 Å². The van der Waals surface area contributed by atoms with Crippen molar-refractivity contribution in [3.8, 4) is 11.5 Å². The number of carbonyl (C=O) groups is 2. The SMILES string of the molecule is CC=Cc1ccc(OCC(=O)N(CCC(N)=O)Cc2ccccc2)c(OC)c1. The first-order valence-electron chi connectivity index (χ1n) is 9.07. The molecule has 0 saturated heterocycles. The van der Waals surface area contributed by atoms with Crippen LogP contribution in [0.1, 0.15) is 24.5 Å².